The molecule has 0 aliphatic heterocycles. The van der Waals surface area contributed by atoms with Crippen molar-refractivity contribution < 1.29 is 13.6 Å². The first-order chi connectivity index (χ1) is 13.9. The van der Waals surface area contributed by atoms with Gasteiger partial charge in [0.1, 0.15) is 11.6 Å². The number of nitrogens with zero attached hydrogens (tertiary/aromatic N) is 3. The monoisotopic (exact) mass is 416 g/mol. The molecule has 0 bridgehead atoms. The number of thioether (sulfide) groups is 1. The molecule has 2 aromatic carbocycles. The number of benzene rings is 2. The van der Waals surface area contributed by atoms with Crippen molar-refractivity contribution in [2.24, 2.45) is 0 Å². The molecule has 1 unspecified atom stereocenters. The molecule has 1 atom stereocenters. The first-order valence-corrected chi connectivity index (χ1v) is 10.2. The highest BCUT2D eigenvalue weighted by atomic mass is 32.2. The Morgan fingerprint density at radius 3 is 2.72 bits per heavy atom. The summed E-state index contributed by atoms with van der Waals surface area (Å²) >= 11 is 1.23. The number of anilines is 1. The molecule has 0 radical (unpaired) electrons. The van der Waals surface area contributed by atoms with Crippen LogP contribution in [0.15, 0.2) is 47.6 Å². The molecule has 0 fully saturated rings. The number of aromatic nitrogens is 3. The van der Waals surface area contributed by atoms with Crippen molar-refractivity contribution in [2.75, 3.05) is 5.32 Å². The highest BCUT2D eigenvalue weighted by Gasteiger charge is 2.21. The van der Waals surface area contributed by atoms with Gasteiger partial charge in [-0.2, -0.15) is 0 Å². The number of rotatable bonds is 7. The zero-order valence-electron chi connectivity index (χ0n) is 16.4. The van der Waals surface area contributed by atoms with E-state index in [9.17, 15) is 13.6 Å². The Kier molecular flexibility index (Phi) is 6.64. The minimum Gasteiger partial charge on any atom is -0.323 e. The molecular weight excluding hydrogens is 394 g/mol. The number of aryl methyl sites for hydroxylation is 1. The van der Waals surface area contributed by atoms with Crippen LogP contribution < -0.4 is 5.32 Å². The Morgan fingerprint density at radius 2 is 2.00 bits per heavy atom. The molecule has 0 aliphatic rings. The van der Waals surface area contributed by atoms with Gasteiger partial charge in [-0.25, -0.2) is 8.78 Å². The Labute approximate surface area is 172 Å². The number of halogens is 2. The minimum absolute atomic E-state index is 0.182. The molecule has 0 spiro atoms. The number of carbonyl (C=O) groups excluding carboxylic acids is 1. The summed E-state index contributed by atoms with van der Waals surface area (Å²) < 4.78 is 29.1. The average Bonchev–Trinajstić information content (AvgIpc) is 3.07. The Hall–Kier alpha value is -2.74. The molecule has 5 nitrogen and oxygen atoms in total. The van der Waals surface area contributed by atoms with E-state index in [-0.39, 0.29) is 5.69 Å². The number of hydrogen-bond donors (Lipinski definition) is 1. The van der Waals surface area contributed by atoms with Crippen LogP contribution in [-0.4, -0.2) is 25.9 Å². The number of hydrogen-bond acceptors (Lipinski definition) is 4. The highest BCUT2D eigenvalue weighted by molar-refractivity contribution is 8.00. The summed E-state index contributed by atoms with van der Waals surface area (Å²) in [6.07, 6.45) is 0.875. The summed E-state index contributed by atoms with van der Waals surface area (Å²) in [4.78, 5) is 12.5. The molecule has 1 N–H and O–H groups in total. The quantitative estimate of drug-likeness (QED) is 0.547. The maximum Gasteiger partial charge on any atom is 0.237 e. The third-order valence-electron chi connectivity index (χ3n) is 4.28. The van der Waals surface area contributed by atoms with Crippen LogP contribution in [0, 0.1) is 18.6 Å². The van der Waals surface area contributed by atoms with Crippen LogP contribution in [0.1, 0.15) is 25.8 Å². The van der Waals surface area contributed by atoms with Crippen LogP contribution in [0.4, 0.5) is 14.5 Å². The number of carbonyl (C=O) groups is 1. The van der Waals surface area contributed by atoms with Crippen molar-refractivity contribution in [1.29, 1.82) is 0 Å². The van der Waals surface area contributed by atoms with E-state index in [2.05, 4.69) is 22.4 Å². The van der Waals surface area contributed by atoms with Crippen LogP contribution in [0.5, 0.6) is 0 Å². The summed E-state index contributed by atoms with van der Waals surface area (Å²) in [5, 5.41) is 11.0. The Balaban J connectivity index is 1.80. The zero-order chi connectivity index (χ0) is 21.0. The molecule has 3 aromatic rings. The first-order valence-electron chi connectivity index (χ1n) is 9.32. The molecule has 3 rings (SSSR count). The van der Waals surface area contributed by atoms with Gasteiger partial charge in [-0.15, -0.1) is 10.2 Å². The van der Waals surface area contributed by atoms with Crippen molar-refractivity contribution in [3.63, 3.8) is 0 Å². The van der Waals surface area contributed by atoms with Gasteiger partial charge in [0, 0.05) is 18.2 Å². The van der Waals surface area contributed by atoms with Crippen LogP contribution >= 0.6 is 11.8 Å². The van der Waals surface area contributed by atoms with E-state index in [0.717, 1.165) is 41.6 Å². The fraction of sp³-hybridized carbons (Fsp3) is 0.286. The van der Waals surface area contributed by atoms with Gasteiger partial charge < -0.3 is 9.88 Å². The van der Waals surface area contributed by atoms with Gasteiger partial charge in [0.15, 0.2) is 11.0 Å². The van der Waals surface area contributed by atoms with Crippen LogP contribution in [0.25, 0.3) is 11.4 Å². The van der Waals surface area contributed by atoms with Gasteiger partial charge in [-0.1, -0.05) is 42.4 Å². The smallest absolute Gasteiger partial charge is 0.237 e. The lowest BCUT2D eigenvalue weighted by molar-refractivity contribution is -0.115. The second-order valence-corrected chi connectivity index (χ2v) is 8.01. The molecule has 152 valence electrons. The maximum absolute atomic E-state index is 13.8. The topological polar surface area (TPSA) is 59.8 Å². The van der Waals surface area contributed by atoms with Crippen LogP contribution in [0.3, 0.4) is 0 Å². The lowest BCUT2D eigenvalue weighted by atomic mass is 10.1. The van der Waals surface area contributed by atoms with Gasteiger partial charge in [0.05, 0.1) is 10.9 Å². The normalized spacial score (nSPS) is 12.0. The molecule has 0 saturated heterocycles. The first kappa shape index (κ1) is 21.0. The average molecular weight is 416 g/mol. The third kappa shape index (κ3) is 5.00. The molecule has 0 saturated carbocycles. The predicted octanol–water partition coefficient (Wildman–Crippen LogP) is 5.06. The fourth-order valence-corrected chi connectivity index (χ4v) is 3.71. The molecule has 8 heteroatoms. The number of amides is 1. The lowest BCUT2D eigenvalue weighted by Crippen LogP contribution is -2.23. The van der Waals surface area contributed by atoms with E-state index < -0.39 is 22.8 Å². The van der Waals surface area contributed by atoms with Gasteiger partial charge in [-0.3, -0.25) is 4.79 Å². The second-order valence-electron chi connectivity index (χ2n) is 6.70. The SMILES string of the molecule is CCCn1c(SC(C)C(=O)Nc2cc(F)ccc2F)nnc1-c1cccc(C)c1. The van der Waals surface area contributed by atoms with Crippen molar-refractivity contribution in [2.45, 2.75) is 44.1 Å². The fourth-order valence-electron chi connectivity index (χ4n) is 2.84. The second kappa shape index (κ2) is 9.17. The van der Waals surface area contributed by atoms with Crippen molar-refractivity contribution in [3.8, 4) is 11.4 Å². The molecular formula is C21H22F2N4OS. The number of nitrogens with one attached hydrogen (secondary N) is 1. The molecule has 1 heterocycles. The van der Waals surface area contributed by atoms with E-state index in [0.29, 0.717) is 11.7 Å². The van der Waals surface area contributed by atoms with Crippen molar-refractivity contribution in [1.82, 2.24) is 14.8 Å². The van der Waals surface area contributed by atoms with Gasteiger partial charge >= 0.3 is 0 Å². The van der Waals surface area contributed by atoms with Crippen molar-refractivity contribution in [3.05, 3.63) is 59.7 Å². The van der Waals surface area contributed by atoms with Crippen molar-refractivity contribution >= 4 is 23.4 Å². The summed E-state index contributed by atoms with van der Waals surface area (Å²) in [5.74, 6) is -1.01. The van der Waals surface area contributed by atoms with Gasteiger partial charge in [0.2, 0.25) is 5.91 Å². The summed E-state index contributed by atoms with van der Waals surface area (Å²) in [6.45, 7) is 6.45. The molecule has 1 amide bonds. The molecule has 0 aliphatic carbocycles. The lowest BCUT2D eigenvalue weighted by Gasteiger charge is -2.14. The third-order valence-corrected chi connectivity index (χ3v) is 5.36. The van der Waals surface area contributed by atoms with E-state index in [1.807, 2.05) is 35.8 Å². The predicted molar refractivity (Wildman–Crippen MR) is 111 cm³/mol. The van der Waals surface area contributed by atoms with Crippen LogP contribution in [0.2, 0.25) is 0 Å². The zero-order valence-corrected chi connectivity index (χ0v) is 17.3. The van der Waals surface area contributed by atoms with Gasteiger partial charge in [-0.05, 0) is 38.5 Å². The van der Waals surface area contributed by atoms with E-state index >= 15 is 0 Å². The molecule has 29 heavy (non-hydrogen) atoms. The highest BCUT2D eigenvalue weighted by Crippen LogP contribution is 2.28. The van der Waals surface area contributed by atoms with E-state index in [1.54, 1.807) is 6.92 Å². The largest absolute Gasteiger partial charge is 0.323 e. The summed E-state index contributed by atoms with van der Waals surface area (Å²) in [7, 11) is 0. The Morgan fingerprint density at radius 1 is 1.21 bits per heavy atom. The van der Waals surface area contributed by atoms with Gasteiger partial charge in [0.25, 0.3) is 0 Å². The summed E-state index contributed by atoms with van der Waals surface area (Å²) in [6, 6.07) is 10.9. The standard InChI is InChI=1S/C21H22F2N4OS/c1-4-10-27-19(15-7-5-6-13(2)11-15)25-26-21(27)29-14(3)20(28)24-18-12-16(22)8-9-17(18)23/h5-9,11-12,14H,4,10H2,1-3H3,(H,24,28). The Bertz CT molecular complexity index is 1020. The van der Waals surface area contributed by atoms with E-state index in [1.165, 1.54) is 11.8 Å². The maximum atomic E-state index is 13.8. The summed E-state index contributed by atoms with van der Waals surface area (Å²) in [5.41, 5.74) is 1.89. The van der Waals surface area contributed by atoms with E-state index in [4.69, 9.17) is 0 Å². The molecule has 1 aromatic heterocycles. The minimum atomic E-state index is -0.687. The van der Waals surface area contributed by atoms with Crippen LogP contribution in [-0.2, 0) is 11.3 Å².